The number of para-hydroxylation sites is 1. The minimum Gasteiger partial charge on any atom is -0.487 e. The number of allylic oxidation sites excluding steroid dienone is 2. The zero-order chi connectivity index (χ0) is 26.2. The summed E-state index contributed by atoms with van der Waals surface area (Å²) < 4.78 is 17.6. The molecule has 2 heterocycles. The maximum Gasteiger partial charge on any atom is 0.337 e. The lowest BCUT2D eigenvalue weighted by Gasteiger charge is -2.38. The summed E-state index contributed by atoms with van der Waals surface area (Å²) in [6.45, 7) is 9.36. The fraction of sp³-hybridized carbons (Fsp3) is 0.357. The van der Waals surface area contributed by atoms with E-state index < -0.39 is 29.6 Å². The highest BCUT2D eigenvalue weighted by Gasteiger charge is 2.42. The average molecular weight is 530 g/mol. The first-order valence-corrected chi connectivity index (χ1v) is 12.6. The normalized spacial score (nSPS) is 20.8. The van der Waals surface area contributed by atoms with Gasteiger partial charge in [0, 0.05) is 23.4 Å². The molecular weight excluding hydrogens is 501 g/mol. The second-order valence-corrected chi connectivity index (χ2v) is 10.3. The summed E-state index contributed by atoms with van der Waals surface area (Å²) in [4.78, 5) is 27.0. The minimum absolute atomic E-state index is 0.183. The molecule has 1 N–H and O–H groups in total. The van der Waals surface area contributed by atoms with Crippen molar-refractivity contribution in [1.82, 2.24) is 5.32 Å². The first kappa shape index (κ1) is 26.1. The Morgan fingerprint density at radius 3 is 2.33 bits per heavy atom. The van der Waals surface area contributed by atoms with Gasteiger partial charge in [-0.2, -0.15) is 0 Å². The summed E-state index contributed by atoms with van der Waals surface area (Å²) in [5.74, 6) is -1.25. The average Bonchev–Trinajstić information content (AvgIpc) is 2.79. The van der Waals surface area contributed by atoms with Crippen molar-refractivity contribution in [2.75, 3.05) is 6.61 Å². The second-order valence-electron chi connectivity index (χ2n) is 9.50. The SMILES string of the molecule is CCOC(=O)C1=C(C)NC(C)=C(C(=O)OC2CC(C)(C)Oc3ccccc32)C1c1cccc(Cl)c1Cl. The first-order valence-electron chi connectivity index (χ1n) is 11.8. The smallest absolute Gasteiger partial charge is 0.337 e. The van der Waals surface area contributed by atoms with Crippen LogP contribution in [-0.2, 0) is 19.1 Å². The van der Waals surface area contributed by atoms with Gasteiger partial charge in [-0.3, -0.25) is 0 Å². The number of fused-ring (bicyclic) bond motifs is 1. The van der Waals surface area contributed by atoms with Gasteiger partial charge in [0.05, 0.1) is 33.7 Å². The minimum atomic E-state index is -0.827. The van der Waals surface area contributed by atoms with Crippen molar-refractivity contribution in [3.8, 4) is 5.75 Å². The number of benzene rings is 2. The van der Waals surface area contributed by atoms with E-state index in [4.69, 9.17) is 37.4 Å². The maximum atomic E-state index is 13.9. The van der Waals surface area contributed by atoms with Crippen LogP contribution in [0.15, 0.2) is 65.0 Å². The molecule has 190 valence electrons. The van der Waals surface area contributed by atoms with Crippen LogP contribution in [0.3, 0.4) is 0 Å². The number of esters is 2. The lowest BCUT2D eigenvalue weighted by Crippen LogP contribution is -2.37. The highest BCUT2D eigenvalue weighted by atomic mass is 35.5. The Labute approximate surface area is 221 Å². The van der Waals surface area contributed by atoms with Crippen molar-refractivity contribution < 1.29 is 23.8 Å². The molecule has 8 heteroatoms. The fourth-order valence-corrected chi connectivity index (χ4v) is 5.25. The van der Waals surface area contributed by atoms with Gasteiger partial charge in [-0.1, -0.05) is 53.5 Å². The molecule has 0 radical (unpaired) electrons. The van der Waals surface area contributed by atoms with Crippen LogP contribution in [-0.4, -0.2) is 24.1 Å². The van der Waals surface area contributed by atoms with E-state index >= 15 is 0 Å². The summed E-state index contributed by atoms with van der Waals surface area (Å²) in [7, 11) is 0. The van der Waals surface area contributed by atoms with Crippen molar-refractivity contribution >= 4 is 35.1 Å². The molecule has 2 aromatic rings. The zero-order valence-electron chi connectivity index (χ0n) is 20.9. The van der Waals surface area contributed by atoms with Gasteiger partial charge in [-0.05, 0) is 52.3 Å². The largest absolute Gasteiger partial charge is 0.487 e. The molecule has 2 atom stereocenters. The zero-order valence-corrected chi connectivity index (χ0v) is 22.4. The van der Waals surface area contributed by atoms with Crippen molar-refractivity contribution in [2.45, 2.75) is 58.7 Å². The molecule has 36 heavy (non-hydrogen) atoms. The monoisotopic (exact) mass is 529 g/mol. The predicted octanol–water partition coefficient (Wildman–Crippen LogP) is 6.64. The molecular formula is C28H29Cl2NO5. The summed E-state index contributed by atoms with van der Waals surface area (Å²) >= 11 is 13.0. The maximum absolute atomic E-state index is 13.9. The van der Waals surface area contributed by atoms with Gasteiger partial charge in [-0.25, -0.2) is 9.59 Å². The number of hydrogen-bond acceptors (Lipinski definition) is 6. The van der Waals surface area contributed by atoms with Crippen LogP contribution in [0.4, 0.5) is 0 Å². The van der Waals surface area contributed by atoms with Gasteiger partial charge >= 0.3 is 11.9 Å². The molecule has 0 saturated carbocycles. The molecule has 0 bridgehead atoms. The number of carbonyl (C=O) groups is 2. The third-order valence-electron chi connectivity index (χ3n) is 6.35. The Kier molecular flexibility index (Phi) is 7.39. The molecule has 4 rings (SSSR count). The van der Waals surface area contributed by atoms with E-state index in [1.807, 2.05) is 38.1 Å². The van der Waals surface area contributed by atoms with Crippen molar-refractivity contribution in [3.63, 3.8) is 0 Å². The van der Waals surface area contributed by atoms with Gasteiger partial charge in [0.1, 0.15) is 17.5 Å². The quantitative estimate of drug-likeness (QED) is 0.437. The fourth-order valence-electron chi connectivity index (χ4n) is 4.83. The topological polar surface area (TPSA) is 73.9 Å². The van der Waals surface area contributed by atoms with Crippen LogP contribution in [0.5, 0.6) is 5.75 Å². The van der Waals surface area contributed by atoms with Crippen LogP contribution in [0, 0.1) is 0 Å². The molecule has 2 aliphatic heterocycles. The van der Waals surface area contributed by atoms with Gasteiger partial charge in [-0.15, -0.1) is 0 Å². The highest BCUT2D eigenvalue weighted by molar-refractivity contribution is 6.42. The van der Waals surface area contributed by atoms with Gasteiger partial charge in [0.2, 0.25) is 0 Å². The molecule has 0 spiro atoms. The van der Waals surface area contributed by atoms with E-state index in [1.165, 1.54) is 0 Å². The Morgan fingerprint density at radius 1 is 1.00 bits per heavy atom. The predicted molar refractivity (Wildman–Crippen MR) is 139 cm³/mol. The number of carbonyl (C=O) groups excluding carboxylic acids is 2. The number of ether oxygens (including phenoxy) is 3. The van der Waals surface area contributed by atoms with Crippen LogP contribution < -0.4 is 10.1 Å². The molecule has 0 saturated heterocycles. The Bertz CT molecular complexity index is 1280. The van der Waals surface area contributed by atoms with Gasteiger partial charge in [0.15, 0.2) is 0 Å². The molecule has 2 aromatic carbocycles. The molecule has 0 aliphatic carbocycles. The van der Waals surface area contributed by atoms with Crippen LogP contribution >= 0.6 is 23.2 Å². The summed E-state index contributed by atoms with van der Waals surface area (Å²) in [6.07, 6.45) is -0.0659. The third kappa shape index (κ3) is 4.97. The van der Waals surface area contributed by atoms with Crippen molar-refractivity contribution in [1.29, 1.82) is 0 Å². The molecule has 0 aromatic heterocycles. The van der Waals surface area contributed by atoms with Crippen LogP contribution in [0.2, 0.25) is 10.0 Å². The second kappa shape index (κ2) is 10.2. The van der Waals surface area contributed by atoms with Gasteiger partial charge in [0.25, 0.3) is 0 Å². The van der Waals surface area contributed by atoms with Crippen LogP contribution in [0.25, 0.3) is 0 Å². The van der Waals surface area contributed by atoms with E-state index in [-0.39, 0.29) is 22.8 Å². The number of nitrogens with one attached hydrogen (secondary N) is 1. The standard InChI is InChI=1S/C28H29Cl2NO5/c1-6-34-26(32)22-15(2)31-16(3)23(24(22)18-11-9-12-19(29)25(18)30)27(33)35-21-14-28(4,5)36-20-13-8-7-10-17(20)21/h7-13,21,24,31H,6,14H2,1-5H3. The summed E-state index contributed by atoms with van der Waals surface area (Å²) in [5, 5.41) is 3.74. The summed E-state index contributed by atoms with van der Waals surface area (Å²) in [5.41, 5.74) is 2.47. The molecule has 0 fully saturated rings. The van der Waals surface area contributed by atoms with E-state index in [2.05, 4.69) is 5.32 Å². The molecule has 2 unspecified atom stereocenters. The van der Waals surface area contributed by atoms with Crippen molar-refractivity contribution in [3.05, 3.63) is 86.2 Å². The lowest BCUT2D eigenvalue weighted by atomic mass is 9.80. The van der Waals surface area contributed by atoms with E-state index in [0.717, 1.165) is 5.56 Å². The van der Waals surface area contributed by atoms with E-state index in [1.54, 1.807) is 39.0 Å². The number of halogens is 2. The number of dihydropyridines is 1. The summed E-state index contributed by atoms with van der Waals surface area (Å²) in [6, 6.07) is 12.7. The van der Waals surface area contributed by atoms with E-state index in [9.17, 15) is 9.59 Å². The van der Waals surface area contributed by atoms with Crippen molar-refractivity contribution in [2.24, 2.45) is 0 Å². The Hall–Kier alpha value is -2.96. The lowest BCUT2D eigenvalue weighted by molar-refractivity contribution is -0.148. The molecule has 2 aliphatic rings. The Balaban J connectivity index is 1.79. The van der Waals surface area contributed by atoms with Crippen LogP contribution in [0.1, 0.15) is 64.2 Å². The van der Waals surface area contributed by atoms with Gasteiger partial charge < -0.3 is 19.5 Å². The molecule has 0 amide bonds. The van der Waals surface area contributed by atoms with E-state index in [0.29, 0.717) is 34.2 Å². The number of rotatable bonds is 5. The number of hydrogen-bond donors (Lipinski definition) is 1. The Morgan fingerprint density at radius 2 is 1.64 bits per heavy atom. The third-order valence-corrected chi connectivity index (χ3v) is 7.18. The first-order chi connectivity index (χ1) is 17.0. The highest BCUT2D eigenvalue weighted by Crippen LogP contribution is 2.46. The molecule has 6 nitrogen and oxygen atoms in total.